The van der Waals surface area contributed by atoms with Gasteiger partial charge in [0.2, 0.25) is 5.92 Å². The maximum absolute atomic E-state index is 14.1. The molecule has 5 rings (SSSR count). The van der Waals surface area contributed by atoms with E-state index in [1.54, 1.807) is 19.3 Å². The number of carbonyl (C=O) groups is 1. The SMILES string of the molecule is CN1CC2(C[C@H]3CC(F)(F)CC[C@H]3[C@@H]2C=Cc2ccc(-c3cccc(F)c3)cn2)OC1=O. The van der Waals surface area contributed by atoms with Crippen LogP contribution in [0.4, 0.5) is 18.0 Å². The maximum Gasteiger partial charge on any atom is 0.410 e. The lowest BCUT2D eigenvalue weighted by Gasteiger charge is -2.34. The molecule has 1 amide bonds. The van der Waals surface area contributed by atoms with Gasteiger partial charge in [-0.1, -0.05) is 24.3 Å². The molecule has 3 aliphatic rings. The van der Waals surface area contributed by atoms with Crippen molar-refractivity contribution in [3.8, 4) is 11.1 Å². The van der Waals surface area contributed by atoms with E-state index >= 15 is 0 Å². The van der Waals surface area contributed by atoms with Gasteiger partial charge < -0.3 is 9.64 Å². The van der Waals surface area contributed by atoms with Crippen molar-refractivity contribution in [3.05, 3.63) is 60.2 Å². The highest BCUT2D eigenvalue weighted by atomic mass is 19.3. The fourth-order valence-electron chi connectivity index (χ4n) is 5.81. The molecular weight excluding hydrogens is 417 g/mol. The predicted octanol–water partition coefficient (Wildman–Crippen LogP) is 5.79. The summed E-state index contributed by atoms with van der Waals surface area (Å²) in [6.45, 7) is 0.408. The van der Waals surface area contributed by atoms with Gasteiger partial charge in [0.15, 0.2) is 0 Å². The molecule has 1 aliphatic heterocycles. The molecule has 1 unspecified atom stereocenters. The molecule has 32 heavy (non-hydrogen) atoms. The number of aromatic nitrogens is 1. The molecular formula is C25H25F3N2O2. The van der Waals surface area contributed by atoms with Gasteiger partial charge in [-0.15, -0.1) is 0 Å². The van der Waals surface area contributed by atoms with Gasteiger partial charge in [-0.05, 0) is 54.5 Å². The quantitative estimate of drug-likeness (QED) is 0.604. The zero-order valence-corrected chi connectivity index (χ0v) is 17.8. The average Bonchev–Trinajstić information content (AvgIpc) is 3.19. The number of alkyl halides is 2. The molecule has 2 saturated carbocycles. The number of nitrogens with zero attached hydrogens (tertiary/aromatic N) is 2. The van der Waals surface area contributed by atoms with Crippen molar-refractivity contribution in [2.45, 2.75) is 37.2 Å². The smallest absolute Gasteiger partial charge is 0.410 e. The Bertz CT molecular complexity index is 1060. The molecule has 2 aromatic rings. The highest BCUT2D eigenvalue weighted by Crippen LogP contribution is 2.57. The maximum atomic E-state index is 14.1. The molecule has 1 spiro atoms. The monoisotopic (exact) mass is 442 g/mol. The first-order valence-corrected chi connectivity index (χ1v) is 11.0. The Kier molecular flexibility index (Phi) is 5.02. The summed E-state index contributed by atoms with van der Waals surface area (Å²) in [5, 5.41) is 0. The summed E-state index contributed by atoms with van der Waals surface area (Å²) in [7, 11) is 1.68. The zero-order chi connectivity index (χ0) is 22.5. The molecule has 2 heterocycles. The first kappa shape index (κ1) is 21.0. The second kappa shape index (κ2) is 7.64. The van der Waals surface area contributed by atoms with Gasteiger partial charge >= 0.3 is 6.09 Å². The van der Waals surface area contributed by atoms with Crippen molar-refractivity contribution in [2.75, 3.05) is 13.6 Å². The van der Waals surface area contributed by atoms with Gasteiger partial charge in [-0.3, -0.25) is 4.98 Å². The predicted molar refractivity (Wildman–Crippen MR) is 114 cm³/mol. The summed E-state index contributed by atoms with van der Waals surface area (Å²) in [5.74, 6) is -3.21. The van der Waals surface area contributed by atoms with Crippen LogP contribution in [0.1, 0.15) is 31.4 Å². The van der Waals surface area contributed by atoms with Crippen LogP contribution in [0.15, 0.2) is 48.7 Å². The van der Waals surface area contributed by atoms with Crippen LogP contribution in [0.3, 0.4) is 0 Å². The Labute approximate surface area is 185 Å². The minimum Gasteiger partial charge on any atom is -0.440 e. The summed E-state index contributed by atoms with van der Waals surface area (Å²) in [5.41, 5.74) is 1.50. The van der Waals surface area contributed by atoms with Crippen LogP contribution in [-0.4, -0.2) is 41.1 Å². The molecule has 4 atom stereocenters. The summed E-state index contributed by atoms with van der Waals surface area (Å²) in [6, 6.07) is 10.0. The largest absolute Gasteiger partial charge is 0.440 e. The standard InChI is InChI=1S/C25H25F3N2O2/c1-30-15-24(32-23(30)31)12-18-13-25(27,28)10-9-21(18)22(24)8-7-20-6-5-17(14-29-20)16-3-2-4-19(26)11-16/h2-8,11,14,18,21-22H,9-10,12-13,15H2,1H3/t18-,21+,22-,24?/m0/s1. The molecule has 1 aromatic heterocycles. The van der Waals surface area contributed by atoms with Crippen molar-refractivity contribution in [3.63, 3.8) is 0 Å². The van der Waals surface area contributed by atoms with Crippen LogP contribution < -0.4 is 0 Å². The van der Waals surface area contributed by atoms with E-state index in [-0.39, 0.29) is 36.4 Å². The van der Waals surface area contributed by atoms with Crippen molar-refractivity contribution in [2.24, 2.45) is 17.8 Å². The van der Waals surface area contributed by atoms with Gasteiger partial charge in [0.25, 0.3) is 0 Å². The van der Waals surface area contributed by atoms with Gasteiger partial charge in [-0.25, -0.2) is 18.0 Å². The van der Waals surface area contributed by atoms with E-state index in [1.165, 1.54) is 17.0 Å². The summed E-state index contributed by atoms with van der Waals surface area (Å²) >= 11 is 0. The van der Waals surface area contributed by atoms with Crippen molar-refractivity contribution in [1.29, 1.82) is 0 Å². The Morgan fingerprint density at radius 2 is 2.03 bits per heavy atom. The first-order valence-electron chi connectivity index (χ1n) is 11.0. The van der Waals surface area contributed by atoms with Crippen molar-refractivity contribution < 1.29 is 22.7 Å². The Hall–Kier alpha value is -2.83. The van der Waals surface area contributed by atoms with E-state index in [0.29, 0.717) is 25.1 Å². The van der Waals surface area contributed by atoms with Gasteiger partial charge in [0.05, 0.1) is 12.2 Å². The number of rotatable bonds is 3. The number of fused-ring (bicyclic) bond motifs is 1. The molecule has 168 valence electrons. The van der Waals surface area contributed by atoms with Crippen LogP contribution >= 0.6 is 0 Å². The van der Waals surface area contributed by atoms with E-state index in [0.717, 1.165) is 11.1 Å². The molecule has 1 saturated heterocycles. The molecule has 1 aromatic carbocycles. The van der Waals surface area contributed by atoms with E-state index in [2.05, 4.69) is 4.98 Å². The Balaban J connectivity index is 1.40. The fourth-order valence-corrected chi connectivity index (χ4v) is 5.81. The number of ether oxygens (including phenoxy) is 1. The highest BCUT2D eigenvalue weighted by Gasteiger charge is 2.61. The minimum absolute atomic E-state index is 0.0525. The molecule has 2 aliphatic carbocycles. The lowest BCUT2D eigenvalue weighted by molar-refractivity contribution is -0.0659. The normalized spacial score (nSPS) is 31.3. The van der Waals surface area contributed by atoms with Gasteiger partial charge in [0, 0.05) is 37.6 Å². The van der Waals surface area contributed by atoms with Gasteiger partial charge in [-0.2, -0.15) is 0 Å². The Morgan fingerprint density at radius 3 is 2.72 bits per heavy atom. The van der Waals surface area contributed by atoms with E-state index in [4.69, 9.17) is 4.74 Å². The summed E-state index contributed by atoms with van der Waals surface area (Å²) < 4.78 is 47.5. The molecule has 0 N–H and O–H groups in total. The highest BCUT2D eigenvalue weighted by molar-refractivity contribution is 5.71. The van der Waals surface area contributed by atoms with Crippen LogP contribution in [0.2, 0.25) is 0 Å². The minimum atomic E-state index is -2.65. The fraction of sp³-hybridized carbons (Fsp3) is 0.440. The molecule has 7 heteroatoms. The summed E-state index contributed by atoms with van der Waals surface area (Å²) in [4.78, 5) is 18.2. The number of likely N-dealkylation sites (N-methyl/N-ethyl adjacent to an activating group) is 1. The lowest BCUT2D eigenvalue weighted by Crippen LogP contribution is -2.38. The molecule has 3 fully saturated rings. The number of benzene rings is 1. The zero-order valence-electron chi connectivity index (χ0n) is 17.8. The van der Waals surface area contributed by atoms with E-state index < -0.39 is 17.6 Å². The first-order chi connectivity index (χ1) is 15.2. The van der Waals surface area contributed by atoms with Crippen LogP contribution in [0.5, 0.6) is 0 Å². The van der Waals surface area contributed by atoms with E-state index in [1.807, 2.05) is 30.4 Å². The number of hydrogen-bond acceptors (Lipinski definition) is 3. The van der Waals surface area contributed by atoms with Crippen LogP contribution in [0.25, 0.3) is 17.2 Å². The van der Waals surface area contributed by atoms with Gasteiger partial charge in [0.1, 0.15) is 11.4 Å². The Morgan fingerprint density at radius 1 is 1.19 bits per heavy atom. The van der Waals surface area contributed by atoms with Crippen molar-refractivity contribution in [1.82, 2.24) is 9.88 Å². The average molecular weight is 442 g/mol. The summed E-state index contributed by atoms with van der Waals surface area (Å²) in [6.07, 6.45) is 5.77. The third-order valence-corrected chi connectivity index (χ3v) is 7.21. The van der Waals surface area contributed by atoms with Crippen LogP contribution in [0, 0.1) is 23.6 Å². The number of amides is 1. The lowest BCUT2D eigenvalue weighted by atomic mass is 9.75. The number of carbonyl (C=O) groups excluding carboxylic acids is 1. The number of pyridine rings is 1. The second-order valence-electron chi connectivity index (χ2n) is 9.38. The van der Waals surface area contributed by atoms with Crippen molar-refractivity contribution >= 4 is 12.2 Å². The number of halogens is 3. The van der Waals surface area contributed by atoms with E-state index in [9.17, 15) is 18.0 Å². The molecule has 0 bridgehead atoms. The molecule has 4 nitrogen and oxygen atoms in total. The third-order valence-electron chi connectivity index (χ3n) is 7.21. The number of hydrogen-bond donors (Lipinski definition) is 0. The second-order valence-corrected chi connectivity index (χ2v) is 9.38. The van der Waals surface area contributed by atoms with Crippen LogP contribution in [-0.2, 0) is 4.74 Å². The topological polar surface area (TPSA) is 42.4 Å². The molecule has 0 radical (unpaired) electrons. The third kappa shape index (κ3) is 3.78.